The third kappa shape index (κ3) is 9.31. The molecular formula is C40H48N10O4S. The molecule has 9 N–H and O–H groups in total. The van der Waals surface area contributed by atoms with Crippen LogP contribution in [-0.4, -0.2) is 80.8 Å². The highest BCUT2D eigenvalue weighted by Gasteiger charge is 2.34. The summed E-state index contributed by atoms with van der Waals surface area (Å²) in [5, 5.41) is 11.3. The quantitative estimate of drug-likeness (QED) is 0.116. The number of aryl methyl sites for hydroxylation is 1. The Morgan fingerprint density at radius 1 is 0.873 bits per heavy atom. The molecule has 1 aliphatic heterocycles. The van der Waals surface area contributed by atoms with Crippen LogP contribution in [0.1, 0.15) is 47.9 Å². The number of nitrogens with two attached hydrogens (primary N) is 2. The highest BCUT2D eigenvalue weighted by Crippen LogP contribution is 2.38. The first kappa shape index (κ1) is 39.3. The van der Waals surface area contributed by atoms with Crippen molar-refractivity contribution in [1.82, 2.24) is 40.8 Å². The number of aromatic amines is 2. The van der Waals surface area contributed by atoms with Crippen molar-refractivity contribution in [3.63, 3.8) is 0 Å². The maximum absolute atomic E-state index is 14.6. The van der Waals surface area contributed by atoms with Crippen LogP contribution in [0.25, 0.3) is 22.0 Å². The molecule has 6 rings (SSSR count). The molecule has 15 heteroatoms. The van der Waals surface area contributed by atoms with Crippen LogP contribution in [0.2, 0.25) is 0 Å². The summed E-state index contributed by atoms with van der Waals surface area (Å²) in [6.45, 7) is 3.13. The molecule has 0 saturated carbocycles. The van der Waals surface area contributed by atoms with E-state index in [1.54, 1.807) is 19.4 Å². The Labute approximate surface area is 323 Å². The Balaban J connectivity index is 1.48. The Kier molecular flexibility index (Phi) is 13.1. The normalized spacial score (nSPS) is 18.7. The number of para-hydroxylation sites is 1. The summed E-state index contributed by atoms with van der Waals surface area (Å²) in [6.07, 6.45) is 8.71. The van der Waals surface area contributed by atoms with E-state index in [9.17, 15) is 19.2 Å². The number of pyridine rings is 1. The number of carbonyl (C=O) groups excluding carboxylic acids is 3. The summed E-state index contributed by atoms with van der Waals surface area (Å²) in [4.78, 5) is 72.0. The number of benzene rings is 2. The molecule has 5 aromatic rings. The summed E-state index contributed by atoms with van der Waals surface area (Å²) in [5.74, 6) is -1.11. The second-order valence-corrected chi connectivity index (χ2v) is 14.7. The van der Waals surface area contributed by atoms with Crippen LogP contribution >= 0.6 is 11.8 Å². The van der Waals surface area contributed by atoms with E-state index in [4.69, 9.17) is 16.5 Å². The van der Waals surface area contributed by atoms with E-state index in [0.717, 1.165) is 48.6 Å². The minimum absolute atomic E-state index is 0.0959. The predicted octanol–water partition coefficient (Wildman–Crippen LogP) is 2.89. The zero-order valence-electron chi connectivity index (χ0n) is 31.1. The standard InChI is InChI=1S/C40H48N10O4S/c1-24-13-14-28(27-21-47-40(54)48-22-27)30-23-46-37(52)34(18-26-20-44-31-10-4-3-9-29(26)31)50(2)39(53)33(12-6-16-42)49-36(51)32(11-5-15-41)45-19-25-8-7-17-43-38(25)55-35(24)30/h3-4,7-10,13-14,17,20-22,32-34,44-45H,5-6,11-12,15-16,18-19,23,41-42H2,1-2H3,(H,46,52)(H,49,51)(H,47,48,54)/t32-,33-,34-/m0/s1. The maximum atomic E-state index is 14.6. The van der Waals surface area contributed by atoms with Crippen molar-refractivity contribution >= 4 is 40.4 Å². The number of nitrogens with zero attached hydrogens (tertiary/aromatic N) is 3. The SMILES string of the molecule is Cc1ccc(-c2cnc(=O)[nH]c2)c2c1Sc1ncccc1CN[C@@H](CCCN)C(=O)N[C@@H](CCCN)C(=O)N(C)[C@@H](Cc1c[nH]c3ccccc13)C(=O)NC2. The highest BCUT2D eigenvalue weighted by molar-refractivity contribution is 7.99. The van der Waals surface area contributed by atoms with Gasteiger partial charge in [-0.2, -0.15) is 0 Å². The van der Waals surface area contributed by atoms with E-state index < -0.39 is 29.7 Å². The lowest BCUT2D eigenvalue weighted by Crippen LogP contribution is -2.57. The Hall–Kier alpha value is -5.35. The van der Waals surface area contributed by atoms with E-state index in [0.29, 0.717) is 50.9 Å². The van der Waals surface area contributed by atoms with Crippen molar-refractivity contribution in [3.8, 4) is 11.1 Å². The molecule has 14 nitrogen and oxygen atoms in total. The van der Waals surface area contributed by atoms with Gasteiger partial charge in [-0.25, -0.2) is 14.8 Å². The number of fused-ring (bicyclic) bond motifs is 3. The average molecular weight is 765 g/mol. The lowest BCUT2D eigenvalue weighted by molar-refractivity contribution is -0.142. The second-order valence-electron chi connectivity index (χ2n) is 13.7. The molecule has 1 aliphatic rings. The van der Waals surface area contributed by atoms with Crippen molar-refractivity contribution in [2.75, 3.05) is 20.1 Å². The van der Waals surface area contributed by atoms with Crippen molar-refractivity contribution in [2.45, 2.75) is 80.2 Å². The van der Waals surface area contributed by atoms with Crippen molar-refractivity contribution in [2.24, 2.45) is 11.5 Å². The summed E-state index contributed by atoms with van der Waals surface area (Å²) < 4.78 is 0. The average Bonchev–Trinajstić information content (AvgIpc) is 3.61. The number of nitrogens with one attached hydrogen (secondary N) is 5. The molecule has 0 saturated heterocycles. The fourth-order valence-electron chi connectivity index (χ4n) is 6.91. The summed E-state index contributed by atoms with van der Waals surface area (Å²) in [5.41, 5.74) is 17.1. The first-order chi connectivity index (χ1) is 26.7. The Bertz CT molecular complexity index is 2180. The fraction of sp³-hybridized carbons (Fsp3) is 0.350. The van der Waals surface area contributed by atoms with Gasteiger partial charge in [0.05, 0.1) is 6.04 Å². The van der Waals surface area contributed by atoms with Gasteiger partial charge in [0, 0.05) is 72.7 Å². The van der Waals surface area contributed by atoms with E-state index >= 15 is 0 Å². The molecule has 0 spiro atoms. The van der Waals surface area contributed by atoms with E-state index in [-0.39, 0.29) is 24.8 Å². The molecule has 0 fully saturated rings. The lowest BCUT2D eigenvalue weighted by Gasteiger charge is -2.32. The first-order valence-corrected chi connectivity index (χ1v) is 19.3. The van der Waals surface area contributed by atoms with Crippen LogP contribution in [0.15, 0.2) is 88.0 Å². The zero-order chi connectivity index (χ0) is 38.9. The zero-order valence-corrected chi connectivity index (χ0v) is 31.9. The van der Waals surface area contributed by atoms with Gasteiger partial charge in [-0.1, -0.05) is 48.2 Å². The molecule has 2 aromatic carbocycles. The minimum Gasteiger partial charge on any atom is -0.361 e. The van der Waals surface area contributed by atoms with Crippen molar-refractivity contribution in [3.05, 3.63) is 106 Å². The van der Waals surface area contributed by atoms with E-state index in [1.807, 2.05) is 61.7 Å². The summed E-state index contributed by atoms with van der Waals surface area (Å²) >= 11 is 1.46. The van der Waals surface area contributed by atoms with E-state index in [2.05, 4.69) is 30.9 Å². The monoisotopic (exact) mass is 764 g/mol. The van der Waals surface area contributed by atoms with Crippen LogP contribution in [-0.2, 0) is 33.9 Å². The third-order valence-corrected chi connectivity index (χ3v) is 11.3. The van der Waals surface area contributed by atoms with Crippen LogP contribution in [0.5, 0.6) is 0 Å². The van der Waals surface area contributed by atoms with Crippen LogP contribution < -0.4 is 33.1 Å². The number of hydrogen-bond acceptors (Lipinski definition) is 10. The molecular weight excluding hydrogens is 717 g/mol. The second kappa shape index (κ2) is 18.3. The number of carbonyl (C=O) groups is 3. The molecule has 3 atom stereocenters. The van der Waals surface area contributed by atoms with Gasteiger partial charge in [-0.3, -0.25) is 14.4 Å². The molecule has 0 aliphatic carbocycles. The number of amides is 3. The number of rotatable bonds is 9. The van der Waals surface area contributed by atoms with Crippen LogP contribution in [0.3, 0.4) is 0 Å². The molecule has 4 heterocycles. The molecule has 3 aromatic heterocycles. The van der Waals surface area contributed by atoms with Crippen molar-refractivity contribution in [1.29, 1.82) is 0 Å². The molecule has 3 amide bonds. The molecule has 55 heavy (non-hydrogen) atoms. The van der Waals surface area contributed by atoms with Gasteiger partial charge >= 0.3 is 5.69 Å². The highest BCUT2D eigenvalue weighted by atomic mass is 32.2. The van der Waals surface area contributed by atoms with Gasteiger partial charge in [0.2, 0.25) is 17.7 Å². The topological polar surface area (TPSA) is 217 Å². The van der Waals surface area contributed by atoms with Crippen molar-refractivity contribution < 1.29 is 14.4 Å². The first-order valence-electron chi connectivity index (χ1n) is 18.5. The van der Waals surface area contributed by atoms with Gasteiger partial charge in [0.15, 0.2) is 0 Å². The number of likely N-dealkylation sites (N-methyl/N-ethyl adjacent to an activating group) is 1. The predicted molar refractivity (Wildman–Crippen MR) is 213 cm³/mol. The fourth-order valence-corrected chi connectivity index (χ4v) is 8.02. The van der Waals surface area contributed by atoms with Gasteiger partial charge in [0.25, 0.3) is 0 Å². The minimum atomic E-state index is -0.952. The molecule has 0 radical (unpaired) electrons. The van der Waals surface area contributed by atoms with Gasteiger partial charge in [0.1, 0.15) is 17.1 Å². The number of H-pyrrole nitrogens is 2. The Morgan fingerprint density at radius 2 is 1.65 bits per heavy atom. The summed E-state index contributed by atoms with van der Waals surface area (Å²) in [7, 11) is 1.61. The largest absolute Gasteiger partial charge is 0.361 e. The van der Waals surface area contributed by atoms with Crippen LogP contribution in [0.4, 0.5) is 0 Å². The number of aromatic nitrogens is 4. The third-order valence-electron chi connectivity index (χ3n) is 10.00. The lowest BCUT2D eigenvalue weighted by atomic mass is 9.98. The van der Waals surface area contributed by atoms with Gasteiger partial charge in [-0.05, 0) is 85.6 Å². The molecule has 0 bridgehead atoms. The van der Waals surface area contributed by atoms with E-state index in [1.165, 1.54) is 22.9 Å². The molecule has 288 valence electrons. The smallest absolute Gasteiger partial charge is 0.344 e. The van der Waals surface area contributed by atoms with Gasteiger partial charge in [-0.15, -0.1) is 0 Å². The molecule has 0 unspecified atom stereocenters. The Morgan fingerprint density at radius 3 is 2.42 bits per heavy atom. The number of hydrogen-bond donors (Lipinski definition) is 7. The summed E-state index contributed by atoms with van der Waals surface area (Å²) in [6, 6.07) is 13.0. The van der Waals surface area contributed by atoms with Crippen LogP contribution in [0, 0.1) is 6.92 Å². The van der Waals surface area contributed by atoms with Gasteiger partial charge < -0.3 is 42.3 Å². The maximum Gasteiger partial charge on any atom is 0.344 e.